The van der Waals surface area contributed by atoms with Crippen LogP contribution in [0, 0.1) is 11.3 Å². The Labute approximate surface area is 104 Å². The lowest BCUT2D eigenvalue weighted by atomic mass is 9.72. The van der Waals surface area contributed by atoms with Crippen molar-refractivity contribution in [3.8, 4) is 0 Å². The van der Waals surface area contributed by atoms with E-state index in [1.165, 1.54) is 0 Å². The van der Waals surface area contributed by atoms with Crippen molar-refractivity contribution in [2.45, 2.75) is 47.5 Å². The second-order valence-electron chi connectivity index (χ2n) is 4.08. The van der Waals surface area contributed by atoms with Crippen LogP contribution < -0.4 is 0 Å². The Bertz CT molecular complexity index is 242. The van der Waals surface area contributed by atoms with E-state index in [9.17, 15) is 9.59 Å². The van der Waals surface area contributed by atoms with Gasteiger partial charge in [-0.2, -0.15) is 0 Å². The SMILES string of the molecule is CCOC(=O)C(CC)(C(=O)OCC)[C@H](C)CC. The van der Waals surface area contributed by atoms with Crippen LogP contribution in [0.1, 0.15) is 47.5 Å². The molecule has 0 aromatic carbocycles. The molecule has 0 unspecified atom stereocenters. The second-order valence-corrected chi connectivity index (χ2v) is 4.08. The van der Waals surface area contributed by atoms with E-state index in [1.807, 2.05) is 20.8 Å². The van der Waals surface area contributed by atoms with Gasteiger partial charge in [0.05, 0.1) is 13.2 Å². The first-order valence-corrected chi connectivity index (χ1v) is 6.35. The lowest BCUT2D eigenvalue weighted by molar-refractivity contribution is -0.177. The summed E-state index contributed by atoms with van der Waals surface area (Å²) in [5, 5.41) is 0. The van der Waals surface area contributed by atoms with Crippen molar-refractivity contribution in [3.63, 3.8) is 0 Å². The van der Waals surface area contributed by atoms with E-state index in [4.69, 9.17) is 9.47 Å². The molecule has 0 aliphatic carbocycles. The van der Waals surface area contributed by atoms with E-state index in [0.29, 0.717) is 6.42 Å². The molecule has 0 saturated heterocycles. The Hall–Kier alpha value is -1.06. The van der Waals surface area contributed by atoms with Crippen molar-refractivity contribution in [2.75, 3.05) is 13.2 Å². The van der Waals surface area contributed by atoms with Crippen LogP contribution in [0.5, 0.6) is 0 Å². The summed E-state index contributed by atoms with van der Waals surface area (Å²) in [6.07, 6.45) is 1.13. The van der Waals surface area contributed by atoms with E-state index in [1.54, 1.807) is 13.8 Å². The van der Waals surface area contributed by atoms with Gasteiger partial charge in [0, 0.05) is 0 Å². The zero-order valence-electron chi connectivity index (χ0n) is 11.5. The van der Waals surface area contributed by atoms with Crippen LogP contribution in [0.25, 0.3) is 0 Å². The standard InChI is InChI=1S/C13H24O4/c1-6-10(5)13(7-2,11(14)16-8-3)12(15)17-9-4/h10H,6-9H2,1-5H3/t10-/m1/s1. The summed E-state index contributed by atoms with van der Waals surface area (Å²) in [6.45, 7) is 9.68. The van der Waals surface area contributed by atoms with Crippen LogP contribution >= 0.6 is 0 Å². The van der Waals surface area contributed by atoms with Crippen molar-refractivity contribution in [1.29, 1.82) is 0 Å². The quantitative estimate of drug-likeness (QED) is 0.510. The Morgan fingerprint density at radius 3 is 1.65 bits per heavy atom. The zero-order valence-corrected chi connectivity index (χ0v) is 11.5. The average Bonchev–Trinajstić information content (AvgIpc) is 2.31. The molecule has 0 rings (SSSR count). The molecule has 0 spiro atoms. The number of rotatable bonds is 7. The third-order valence-corrected chi connectivity index (χ3v) is 3.29. The highest BCUT2D eigenvalue weighted by Crippen LogP contribution is 2.36. The summed E-state index contributed by atoms with van der Waals surface area (Å²) >= 11 is 0. The van der Waals surface area contributed by atoms with E-state index in [-0.39, 0.29) is 19.1 Å². The minimum absolute atomic E-state index is 0.0920. The van der Waals surface area contributed by atoms with E-state index >= 15 is 0 Å². The van der Waals surface area contributed by atoms with Crippen molar-refractivity contribution in [3.05, 3.63) is 0 Å². The number of carbonyl (C=O) groups excluding carboxylic acids is 2. The smallest absolute Gasteiger partial charge is 0.323 e. The first-order valence-electron chi connectivity index (χ1n) is 6.35. The highest BCUT2D eigenvalue weighted by Gasteiger charge is 2.50. The molecular weight excluding hydrogens is 220 g/mol. The van der Waals surface area contributed by atoms with Crippen LogP contribution in [-0.2, 0) is 19.1 Å². The fraction of sp³-hybridized carbons (Fsp3) is 0.846. The van der Waals surface area contributed by atoms with Gasteiger partial charge in [0.25, 0.3) is 0 Å². The molecule has 100 valence electrons. The van der Waals surface area contributed by atoms with Crippen LogP contribution in [0.4, 0.5) is 0 Å². The largest absolute Gasteiger partial charge is 0.465 e. The second kappa shape index (κ2) is 7.30. The lowest BCUT2D eigenvalue weighted by Gasteiger charge is -2.32. The van der Waals surface area contributed by atoms with Crippen LogP contribution in [0.3, 0.4) is 0 Å². The van der Waals surface area contributed by atoms with Crippen LogP contribution in [-0.4, -0.2) is 25.2 Å². The molecule has 0 amide bonds. The number of hydrogen-bond donors (Lipinski definition) is 0. The molecule has 0 fully saturated rings. The minimum Gasteiger partial charge on any atom is -0.465 e. The third-order valence-electron chi connectivity index (χ3n) is 3.29. The first kappa shape index (κ1) is 15.9. The van der Waals surface area contributed by atoms with Crippen LogP contribution in [0.2, 0.25) is 0 Å². The van der Waals surface area contributed by atoms with Crippen LogP contribution in [0.15, 0.2) is 0 Å². The van der Waals surface area contributed by atoms with Crippen molar-refractivity contribution in [2.24, 2.45) is 11.3 Å². The monoisotopic (exact) mass is 244 g/mol. The predicted octanol–water partition coefficient (Wildman–Crippen LogP) is 2.56. The molecule has 0 saturated carbocycles. The van der Waals surface area contributed by atoms with Gasteiger partial charge in [0.1, 0.15) is 0 Å². The van der Waals surface area contributed by atoms with Gasteiger partial charge in [-0.3, -0.25) is 9.59 Å². The summed E-state index contributed by atoms with van der Waals surface area (Å²) in [7, 11) is 0. The predicted molar refractivity (Wildman–Crippen MR) is 65.4 cm³/mol. The summed E-state index contributed by atoms with van der Waals surface area (Å²) in [5.74, 6) is -1.02. The maximum absolute atomic E-state index is 12.1. The summed E-state index contributed by atoms with van der Waals surface area (Å²) in [6, 6.07) is 0. The molecule has 0 bridgehead atoms. The van der Waals surface area contributed by atoms with Gasteiger partial charge in [0.15, 0.2) is 5.41 Å². The lowest BCUT2D eigenvalue weighted by Crippen LogP contribution is -2.46. The molecule has 1 atom stereocenters. The Morgan fingerprint density at radius 2 is 1.41 bits per heavy atom. The average molecular weight is 244 g/mol. The molecular formula is C13H24O4. The number of ether oxygens (including phenoxy) is 2. The summed E-state index contributed by atoms with van der Waals surface area (Å²) in [4.78, 5) is 24.2. The van der Waals surface area contributed by atoms with E-state index in [2.05, 4.69) is 0 Å². The molecule has 0 aromatic rings. The van der Waals surface area contributed by atoms with Gasteiger partial charge >= 0.3 is 11.9 Å². The third kappa shape index (κ3) is 3.20. The molecule has 0 aliphatic heterocycles. The van der Waals surface area contributed by atoms with Crippen molar-refractivity contribution in [1.82, 2.24) is 0 Å². The number of carbonyl (C=O) groups is 2. The molecule has 0 N–H and O–H groups in total. The molecule has 0 aliphatic rings. The van der Waals surface area contributed by atoms with E-state index < -0.39 is 17.4 Å². The molecule has 0 aromatic heterocycles. The van der Waals surface area contributed by atoms with Crippen molar-refractivity contribution >= 4 is 11.9 Å². The van der Waals surface area contributed by atoms with Gasteiger partial charge in [-0.05, 0) is 26.2 Å². The highest BCUT2D eigenvalue weighted by molar-refractivity contribution is 6.00. The van der Waals surface area contributed by atoms with Gasteiger partial charge in [-0.15, -0.1) is 0 Å². The fourth-order valence-electron chi connectivity index (χ4n) is 1.99. The minimum atomic E-state index is -1.15. The normalized spacial score (nSPS) is 13.0. The molecule has 17 heavy (non-hydrogen) atoms. The Morgan fingerprint density at radius 1 is 1.00 bits per heavy atom. The first-order chi connectivity index (χ1) is 8.00. The summed E-state index contributed by atoms with van der Waals surface area (Å²) < 4.78 is 10.1. The number of hydrogen-bond acceptors (Lipinski definition) is 4. The molecule has 0 heterocycles. The topological polar surface area (TPSA) is 52.6 Å². The van der Waals surface area contributed by atoms with Gasteiger partial charge in [-0.1, -0.05) is 27.2 Å². The summed E-state index contributed by atoms with van der Waals surface area (Å²) in [5.41, 5.74) is -1.15. The highest BCUT2D eigenvalue weighted by atomic mass is 16.6. The van der Waals surface area contributed by atoms with E-state index in [0.717, 1.165) is 6.42 Å². The van der Waals surface area contributed by atoms with Gasteiger partial charge in [-0.25, -0.2) is 0 Å². The molecule has 4 nitrogen and oxygen atoms in total. The zero-order chi connectivity index (χ0) is 13.5. The fourth-order valence-corrected chi connectivity index (χ4v) is 1.99. The number of esters is 2. The Balaban J connectivity index is 5.28. The van der Waals surface area contributed by atoms with Gasteiger partial charge < -0.3 is 9.47 Å². The maximum atomic E-state index is 12.1. The molecule has 0 radical (unpaired) electrons. The van der Waals surface area contributed by atoms with Gasteiger partial charge in [0.2, 0.25) is 0 Å². The Kier molecular flexibility index (Phi) is 6.85. The maximum Gasteiger partial charge on any atom is 0.323 e. The van der Waals surface area contributed by atoms with Crippen molar-refractivity contribution < 1.29 is 19.1 Å². The molecule has 4 heteroatoms.